The van der Waals surface area contributed by atoms with Crippen LogP contribution < -0.4 is 10.6 Å². The predicted octanol–water partition coefficient (Wildman–Crippen LogP) is 1.70. The maximum absolute atomic E-state index is 13.5. The lowest BCUT2D eigenvalue weighted by molar-refractivity contribution is -0.108. The Hall–Kier alpha value is -3.18. The number of aldehydes is 1. The predicted molar refractivity (Wildman–Crippen MR) is 109 cm³/mol. The second-order valence-electron chi connectivity index (χ2n) is 6.89. The van der Waals surface area contributed by atoms with Crippen molar-refractivity contribution in [2.75, 3.05) is 26.7 Å². The maximum Gasteiger partial charge on any atom is 0.140 e. The molecule has 8 heteroatoms. The molecule has 2 aliphatic heterocycles. The van der Waals surface area contributed by atoms with E-state index in [-0.39, 0.29) is 11.6 Å². The van der Waals surface area contributed by atoms with Gasteiger partial charge in [-0.3, -0.25) is 4.99 Å². The molecule has 7 nitrogen and oxygen atoms in total. The van der Waals surface area contributed by atoms with Crippen molar-refractivity contribution >= 4 is 12.1 Å². The van der Waals surface area contributed by atoms with Gasteiger partial charge in [-0.15, -0.1) is 0 Å². The van der Waals surface area contributed by atoms with Gasteiger partial charge in [-0.05, 0) is 37.2 Å². The smallest absolute Gasteiger partial charge is 0.140 e. The third kappa shape index (κ3) is 4.46. The molecule has 1 aromatic rings. The Morgan fingerprint density at radius 1 is 1.48 bits per heavy atom. The highest BCUT2D eigenvalue weighted by atomic mass is 19.1. The second-order valence-corrected chi connectivity index (χ2v) is 6.89. The highest BCUT2D eigenvalue weighted by Gasteiger charge is 2.37. The molecule has 1 saturated heterocycles. The molecule has 0 spiro atoms. The van der Waals surface area contributed by atoms with Crippen molar-refractivity contribution in [3.63, 3.8) is 0 Å². The molecule has 0 radical (unpaired) electrons. The zero-order valence-corrected chi connectivity index (χ0v) is 16.7. The number of allylic oxidation sites excluding steroid dienone is 1. The third-order valence-electron chi connectivity index (χ3n) is 4.91. The Morgan fingerprint density at radius 2 is 2.31 bits per heavy atom. The summed E-state index contributed by atoms with van der Waals surface area (Å²) in [6.45, 7) is 4.23. The van der Waals surface area contributed by atoms with Crippen LogP contribution in [0.15, 0.2) is 47.0 Å². The number of nitriles is 1. The summed E-state index contributed by atoms with van der Waals surface area (Å²) in [5.74, 6) is 2.01. The number of nitrogens with zero attached hydrogens (tertiary/aromatic N) is 4. The standard InChI is InChI=1S/C21H25FN6O/c1-3-4-20-26-19(25-12-15-5-6-18(22)16(9-15)11-23)10-21-27(7-8-29)17(13-24-2)14-28(20)21/h4-6,8-10,17,24H,3,7,12-14H2,1-2H3,(H,25,26)/b20-4-. The van der Waals surface area contributed by atoms with E-state index in [4.69, 9.17) is 5.26 Å². The SMILES string of the molecule is CC/C=C1/NC(=NCc2ccc(F)c(C#N)c2)C=C2N1CC(CNC)N2CC=O. The normalized spacial score (nSPS) is 21.0. The van der Waals surface area contributed by atoms with Crippen molar-refractivity contribution in [2.24, 2.45) is 4.99 Å². The molecule has 2 aliphatic rings. The lowest BCUT2D eigenvalue weighted by Gasteiger charge is -2.31. The first-order valence-corrected chi connectivity index (χ1v) is 9.65. The maximum atomic E-state index is 13.5. The number of halogens is 1. The lowest BCUT2D eigenvalue weighted by Crippen LogP contribution is -2.39. The quantitative estimate of drug-likeness (QED) is 0.683. The number of hydrogen-bond donors (Lipinski definition) is 2. The van der Waals surface area contributed by atoms with E-state index in [0.29, 0.717) is 18.9 Å². The van der Waals surface area contributed by atoms with Crippen LogP contribution in [0.1, 0.15) is 24.5 Å². The van der Waals surface area contributed by atoms with Gasteiger partial charge < -0.3 is 25.2 Å². The summed E-state index contributed by atoms with van der Waals surface area (Å²) in [5.41, 5.74) is 0.765. The number of benzene rings is 1. The van der Waals surface area contributed by atoms with E-state index in [9.17, 15) is 9.18 Å². The van der Waals surface area contributed by atoms with Gasteiger partial charge in [-0.1, -0.05) is 13.0 Å². The zero-order valence-electron chi connectivity index (χ0n) is 16.7. The average Bonchev–Trinajstić information content (AvgIpc) is 3.06. The van der Waals surface area contributed by atoms with Crippen molar-refractivity contribution < 1.29 is 9.18 Å². The van der Waals surface area contributed by atoms with Crippen LogP contribution in [-0.2, 0) is 11.3 Å². The average molecular weight is 396 g/mol. The van der Waals surface area contributed by atoms with Gasteiger partial charge in [0.05, 0.1) is 24.7 Å². The van der Waals surface area contributed by atoms with Gasteiger partial charge in [-0.25, -0.2) is 4.39 Å². The van der Waals surface area contributed by atoms with Gasteiger partial charge in [0.15, 0.2) is 0 Å². The molecule has 0 amide bonds. The fourth-order valence-electron chi connectivity index (χ4n) is 3.59. The number of amidine groups is 1. The Kier molecular flexibility index (Phi) is 6.62. The van der Waals surface area contributed by atoms with Crippen molar-refractivity contribution in [1.29, 1.82) is 5.26 Å². The number of rotatable bonds is 7. The Morgan fingerprint density at radius 3 is 3.00 bits per heavy atom. The lowest BCUT2D eigenvalue weighted by atomic mass is 10.1. The van der Waals surface area contributed by atoms with Crippen LogP contribution in [0.3, 0.4) is 0 Å². The van der Waals surface area contributed by atoms with Gasteiger partial charge in [0, 0.05) is 19.2 Å². The molecule has 29 heavy (non-hydrogen) atoms. The Labute approximate surface area is 170 Å². The van der Waals surface area contributed by atoms with E-state index in [1.54, 1.807) is 6.07 Å². The third-order valence-corrected chi connectivity index (χ3v) is 4.91. The zero-order chi connectivity index (χ0) is 20.8. The topological polar surface area (TPSA) is 83.8 Å². The van der Waals surface area contributed by atoms with Gasteiger partial charge in [0.1, 0.15) is 35.7 Å². The van der Waals surface area contributed by atoms with Gasteiger partial charge in [0.25, 0.3) is 0 Å². The minimum Gasteiger partial charge on any atom is -0.345 e. The Balaban J connectivity index is 1.90. The first-order chi connectivity index (χ1) is 14.1. The molecule has 1 unspecified atom stereocenters. The van der Waals surface area contributed by atoms with Crippen LogP contribution in [0.2, 0.25) is 0 Å². The molecule has 2 heterocycles. The van der Waals surface area contributed by atoms with E-state index in [2.05, 4.69) is 38.4 Å². The molecule has 1 atom stereocenters. The molecule has 152 valence electrons. The summed E-state index contributed by atoms with van der Waals surface area (Å²) < 4.78 is 13.5. The van der Waals surface area contributed by atoms with Crippen LogP contribution in [0, 0.1) is 17.1 Å². The van der Waals surface area contributed by atoms with Gasteiger partial charge >= 0.3 is 0 Å². The summed E-state index contributed by atoms with van der Waals surface area (Å²) in [5, 5.41) is 15.5. The number of fused-ring (bicyclic) bond motifs is 1. The summed E-state index contributed by atoms with van der Waals surface area (Å²) >= 11 is 0. The van der Waals surface area contributed by atoms with Crippen molar-refractivity contribution in [1.82, 2.24) is 20.4 Å². The van der Waals surface area contributed by atoms with E-state index in [0.717, 1.165) is 43.0 Å². The van der Waals surface area contributed by atoms with Gasteiger partial charge in [-0.2, -0.15) is 5.26 Å². The molecule has 0 saturated carbocycles. The first-order valence-electron chi connectivity index (χ1n) is 9.65. The number of nitrogens with one attached hydrogen (secondary N) is 2. The number of likely N-dealkylation sites (N-methyl/N-ethyl adjacent to an activating group) is 1. The largest absolute Gasteiger partial charge is 0.345 e. The molecule has 0 aromatic heterocycles. The van der Waals surface area contributed by atoms with Crippen LogP contribution in [0.4, 0.5) is 4.39 Å². The molecule has 0 bridgehead atoms. The monoisotopic (exact) mass is 396 g/mol. The molecular weight excluding hydrogens is 371 g/mol. The van der Waals surface area contributed by atoms with E-state index < -0.39 is 5.82 Å². The molecule has 2 N–H and O–H groups in total. The van der Waals surface area contributed by atoms with E-state index in [1.165, 1.54) is 12.1 Å². The van der Waals surface area contributed by atoms with E-state index in [1.807, 2.05) is 19.2 Å². The van der Waals surface area contributed by atoms with E-state index >= 15 is 0 Å². The van der Waals surface area contributed by atoms with Crippen LogP contribution in [0.5, 0.6) is 0 Å². The first kappa shape index (κ1) is 20.6. The van der Waals surface area contributed by atoms with Crippen molar-refractivity contribution in [3.05, 3.63) is 58.9 Å². The van der Waals surface area contributed by atoms with Crippen molar-refractivity contribution in [2.45, 2.75) is 25.9 Å². The molecule has 1 aromatic carbocycles. The molecule has 0 aliphatic carbocycles. The number of carbonyl (C=O) groups excluding carboxylic acids is 1. The molecule has 3 rings (SSSR count). The highest BCUT2D eigenvalue weighted by Crippen LogP contribution is 2.29. The summed E-state index contributed by atoms with van der Waals surface area (Å²) in [7, 11) is 1.90. The molecule has 1 fully saturated rings. The number of hydrogen-bond acceptors (Lipinski definition) is 6. The fraction of sp³-hybridized carbons (Fsp3) is 0.381. The summed E-state index contributed by atoms with van der Waals surface area (Å²) in [6.07, 6.45) is 5.79. The highest BCUT2D eigenvalue weighted by molar-refractivity contribution is 5.95. The summed E-state index contributed by atoms with van der Waals surface area (Å²) in [6, 6.07) is 6.46. The van der Waals surface area contributed by atoms with Crippen molar-refractivity contribution in [3.8, 4) is 6.07 Å². The minimum absolute atomic E-state index is 0.0123. The Bertz CT molecular complexity index is 901. The fourth-order valence-corrected chi connectivity index (χ4v) is 3.59. The second kappa shape index (κ2) is 9.34. The van der Waals surface area contributed by atoms with Crippen LogP contribution in [0.25, 0.3) is 0 Å². The number of aliphatic imine (C=N–C) groups is 1. The number of carbonyl (C=O) groups is 1. The van der Waals surface area contributed by atoms with Crippen LogP contribution in [-0.4, -0.2) is 54.6 Å². The van der Waals surface area contributed by atoms with Gasteiger partial charge in [0.2, 0.25) is 0 Å². The van der Waals surface area contributed by atoms with Crippen LogP contribution >= 0.6 is 0 Å². The minimum atomic E-state index is -0.531. The molecular formula is C21H25FN6O. The summed E-state index contributed by atoms with van der Waals surface area (Å²) in [4.78, 5) is 20.1.